The van der Waals surface area contributed by atoms with E-state index in [9.17, 15) is 14.0 Å². The minimum atomic E-state index is -0.639. The highest BCUT2D eigenvalue weighted by Gasteiger charge is 2.13. The number of carbonyl (C=O) groups excluding carboxylic acids is 2. The van der Waals surface area contributed by atoms with Crippen LogP contribution in [0.2, 0.25) is 0 Å². The van der Waals surface area contributed by atoms with Crippen molar-refractivity contribution in [3.05, 3.63) is 57.6 Å². The molecule has 1 aromatic carbocycles. The van der Waals surface area contributed by atoms with Crippen LogP contribution in [0.4, 0.5) is 4.39 Å². The number of hydrogen-bond donors (Lipinski definition) is 1. The molecular weight excluding hydrogens is 329 g/mol. The molecule has 0 aliphatic rings. The summed E-state index contributed by atoms with van der Waals surface area (Å²) in [5.74, 6) is -1.25. The number of carbonyl (C=O) groups is 2. The molecule has 0 atom stereocenters. The summed E-state index contributed by atoms with van der Waals surface area (Å²) in [4.78, 5) is 25.5. The SMILES string of the molecule is CC(=O)c1c[nH]c(C(=O)OCc2ccc(Br)cc2F)c1. The van der Waals surface area contributed by atoms with Gasteiger partial charge in [0.1, 0.15) is 18.1 Å². The summed E-state index contributed by atoms with van der Waals surface area (Å²) in [6.45, 7) is 1.22. The number of esters is 1. The van der Waals surface area contributed by atoms with Gasteiger partial charge in [0.15, 0.2) is 5.78 Å². The maximum atomic E-state index is 13.5. The second-order valence-corrected chi connectivity index (χ2v) is 5.09. The third-order valence-electron chi connectivity index (χ3n) is 2.68. The van der Waals surface area contributed by atoms with E-state index in [-0.39, 0.29) is 23.6 Å². The van der Waals surface area contributed by atoms with Crippen LogP contribution >= 0.6 is 15.9 Å². The number of benzene rings is 1. The fraction of sp³-hybridized carbons (Fsp3) is 0.143. The summed E-state index contributed by atoms with van der Waals surface area (Å²) >= 11 is 3.14. The number of H-pyrrole nitrogens is 1. The minimum absolute atomic E-state index is 0.153. The van der Waals surface area contributed by atoms with Gasteiger partial charge in [-0.15, -0.1) is 0 Å². The van der Waals surface area contributed by atoms with Gasteiger partial charge in [0.25, 0.3) is 0 Å². The van der Waals surface area contributed by atoms with Crippen molar-refractivity contribution < 1.29 is 18.7 Å². The molecule has 1 aromatic heterocycles. The highest BCUT2D eigenvalue weighted by atomic mass is 79.9. The predicted octanol–water partition coefficient (Wildman–Crippen LogP) is 3.48. The van der Waals surface area contributed by atoms with Crippen LogP contribution in [-0.4, -0.2) is 16.7 Å². The van der Waals surface area contributed by atoms with Gasteiger partial charge in [-0.3, -0.25) is 4.79 Å². The maximum Gasteiger partial charge on any atom is 0.355 e. The van der Waals surface area contributed by atoms with Gasteiger partial charge in [0.05, 0.1) is 0 Å². The van der Waals surface area contributed by atoms with E-state index in [1.165, 1.54) is 31.3 Å². The van der Waals surface area contributed by atoms with Crippen LogP contribution in [0.15, 0.2) is 34.9 Å². The molecular formula is C14H11BrFNO3. The Kier molecular flexibility index (Phi) is 4.34. The molecule has 104 valence electrons. The lowest BCUT2D eigenvalue weighted by molar-refractivity contribution is 0.0463. The molecule has 0 radical (unpaired) electrons. The zero-order chi connectivity index (χ0) is 14.7. The van der Waals surface area contributed by atoms with Crippen molar-refractivity contribution >= 4 is 27.7 Å². The topological polar surface area (TPSA) is 59.2 Å². The zero-order valence-electron chi connectivity index (χ0n) is 10.6. The summed E-state index contributed by atoms with van der Waals surface area (Å²) in [5, 5.41) is 0. The molecule has 0 saturated carbocycles. The Morgan fingerprint density at radius 2 is 2.10 bits per heavy atom. The first-order valence-electron chi connectivity index (χ1n) is 5.78. The van der Waals surface area contributed by atoms with E-state index >= 15 is 0 Å². The van der Waals surface area contributed by atoms with E-state index < -0.39 is 11.8 Å². The molecule has 0 aliphatic carbocycles. The Morgan fingerprint density at radius 1 is 1.35 bits per heavy atom. The van der Waals surface area contributed by atoms with Gasteiger partial charge in [-0.05, 0) is 25.1 Å². The number of aromatic amines is 1. The largest absolute Gasteiger partial charge is 0.456 e. The molecule has 0 spiro atoms. The van der Waals surface area contributed by atoms with Crippen LogP contribution in [-0.2, 0) is 11.3 Å². The van der Waals surface area contributed by atoms with Crippen molar-refractivity contribution in [3.63, 3.8) is 0 Å². The molecule has 0 saturated heterocycles. The number of nitrogens with one attached hydrogen (secondary N) is 1. The minimum Gasteiger partial charge on any atom is -0.456 e. The van der Waals surface area contributed by atoms with E-state index in [1.54, 1.807) is 6.07 Å². The van der Waals surface area contributed by atoms with Crippen molar-refractivity contribution in [2.75, 3.05) is 0 Å². The monoisotopic (exact) mass is 339 g/mol. The van der Waals surface area contributed by atoms with Crippen LogP contribution in [0.5, 0.6) is 0 Å². The number of rotatable bonds is 4. The third kappa shape index (κ3) is 3.33. The van der Waals surface area contributed by atoms with Gasteiger partial charge >= 0.3 is 5.97 Å². The molecule has 2 rings (SSSR count). The molecule has 20 heavy (non-hydrogen) atoms. The lowest BCUT2D eigenvalue weighted by Crippen LogP contribution is -2.06. The summed E-state index contributed by atoms with van der Waals surface area (Å²) in [7, 11) is 0. The summed E-state index contributed by atoms with van der Waals surface area (Å²) < 4.78 is 19.1. The smallest absolute Gasteiger partial charge is 0.355 e. The average molecular weight is 340 g/mol. The van der Waals surface area contributed by atoms with Crippen LogP contribution in [0.3, 0.4) is 0 Å². The van der Waals surface area contributed by atoms with E-state index in [4.69, 9.17) is 4.74 Å². The normalized spacial score (nSPS) is 10.3. The molecule has 1 N–H and O–H groups in total. The molecule has 2 aromatic rings. The van der Waals surface area contributed by atoms with Crippen LogP contribution < -0.4 is 0 Å². The lowest BCUT2D eigenvalue weighted by Gasteiger charge is -2.05. The van der Waals surface area contributed by atoms with Gasteiger partial charge < -0.3 is 9.72 Å². The first-order chi connectivity index (χ1) is 9.47. The number of aromatic nitrogens is 1. The van der Waals surface area contributed by atoms with E-state index in [2.05, 4.69) is 20.9 Å². The number of ether oxygens (including phenoxy) is 1. The van der Waals surface area contributed by atoms with Crippen LogP contribution in [0.25, 0.3) is 0 Å². The fourth-order valence-electron chi connectivity index (χ4n) is 1.58. The molecule has 4 nitrogen and oxygen atoms in total. The van der Waals surface area contributed by atoms with Gasteiger partial charge in [-0.1, -0.05) is 22.0 Å². The molecule has 0 fully saturated rings. The second kappa shape index (κ2) is 6.00. The Morgan fingerprint density at radius 3 is 2.70 bits per heavy atom. The van der Waals surface area contributed by atoms with Gasteiger partial charge in [0, 0.05) is 21.8 Å². The standard InChI is InChI=1S/C14H11BrFNO3/c1-8(18)10-4-13(17-6-10)14(19)20-7-9-2-3-11(15)5-12(9)16/h2-6,17H,7H2,1H3. The van der Waals surface area contributed by atoms with E-state index in [1.807, 2.05) is 0 Å². The predicted molar refractivity (Wildman–Crippen MR) is 74.0 cm³/mol. The molecule has 6 heteroatoms. The average Bonchev–Trinajstić information content (AvgIpc) is 2.87. The van der Waals surface area contributed by atoms with E-state index in [0.717, 1.165) is 0 Å². The van der Waals surface area contributed by atoms with Crippen LogP contribution in [0, 0.1) is 5.82 Å². The fourth-order valence-corrected chi connectivity index (χ4v) is 1.91. The van der Waals surface area contributed by atoms with Gasteiger partial charge in [0.2, 0.25) is 0 Å². The first-order valence-corrected chi connectivity index (χ1v) is 6.57. The Bertz CT molecular complexity index is 666. The Balaban J connectivity index is 2.02. The number of ketones is 1. The number of Topliss-reactive ketones (excluding diaryl/α,β-unsaturated/α-hetero) is 1. The maximum absolute atomic E-state index is 13.5. The third-order valence-corrected chi connectivity index (χ3v) is 3.18. The number of hydrogen-bond acceptors (Lipinski definition) is 3. The molecule has 0 aliphatic heterocycles. The summed E-state index contributed by atoms with van der Waals surface area (Å²) in [6.07, 6.45) is 1.43. The summed E-state index contributed by atoms with van der Waals surface area (Å²) in [5.41, 5.74) is 0.833. The molecule has 0 amide bonds. The lowest BCUT2D eigenvalue weighted by atomic mass is 10.2. The van der Waals surface area contributed by atoms with Gasteiger partial charge in [-0.25, -0.2) is 9.18 Å². The number of halogens is 2. The van der Waals surface area contributed by atoms with Crippen molar-refractivity contribution in [3.8, 4) is 0 Å². The summed E-state index contributed by atoms with van der Waals surface area (Å²) in [6, 6.07) is 5.89. The first kappa shape index (κ1) is 14.5. The molecule has 1 heterocycles. The highest BCUT2D eigenvalue weighted by Crippen LogP contribution is 2.16. The zero-order valence-corrected chi connectivity index (χ0v) is 12.2. The quantitative estimate of drug-likeness (QED) is 0.685. The van der Waals surface area contributed by atoms with Crippen molar-refractivity contribution in [2.24, 2.45) is 0 Å². The van der Waals surface area contributed by atoms with Crippen LogP contribution in [0.1, 0.15) is 33.3 Å². The second-order valence-electron chi connectivity index (χ2n) is 4.17. The Hall–Kier alpha value is -1.95. The molecule has 0 unspecified atom stereocenters. The highest BCUT2D eigenvalue weighted by molar-refractivity contribution is 9.10. The van der Waals surface area contributed by atoms with Gasteiger partial charge in [-0.2, -0.15) is 0 Å². The molecule has 0 bridgehead atoms. The Labute approximate surface area is 123 Å². The van der Waals surface area contributed by atoms with Crippen molar-refractivity contribution in [2.45, 2.75) is 13.5 Å². The van der Waals surface area contributed by atoms with Crippen molar-refractivity contribution in [1.29, 1.82) is 0 Å². The van der Waals surface area contributed by atoms with Crippen molar-refractivity contribution in [1.82, 2.24) is 4.98 Å². The van der Waals surface area contributed by atoms with E-state index in [0.29, 0.717) is 10.0 Å².